The van der Waals surface area contributed by atoms with Crippen molar-refractivity contribution in [2.45, 2.75) is 90.3 Å². The molecule has 200 valence electrons. The van der Waals surface area contributed by atoms with Gasteiger partial charge >= 0.3 is 5.97 Å². The number of ether oxygens (including phenoxy) is 2. The third kappa shape index (κ3) is 4.77. The summed E-state index contributed by atoms with van der Waals surface area (Å²) in [5.74, 6) is 8.49. The van der Waals surface area contributed by atoms with Crippen molar-refractivity contribution in [1.29, 1.82) is 0 Å². The molecule has 0 spiro atoms. The highest BCUT2D eigenvalue weighted by molar-refractivity contribution is 5.97. The van der Waals surface area contributed by atoms with Crippen LogP contribution in [0.15, 0.2) is 24.3 Å². The van der Waals surface area contributed by atoms with Crippen LogP contribution in [0.2, 0.25) is 0 Å². The Bertz CT molecular complexity index is 1100. The van der Waals surface area contributed by atoms with Crippen molar-refractivity contribution in [1.82, 2.24) is 0 Å². The maximum atomic E-state index is 12.1. The molecule has 5 rings (SSSR count). The third-order valence-electron chi connectivity index (χ3n) is 11.0. The molecule has 5 heteroatoms. The van der Waals surface area contributed by atoms with Crippen LogP contribution in [0.4, 0.5) is 0 Å². The molecule has 1 aromatic rings. The second-order valence-electron chi connectivity index (χ2n) is 12.8. The molecule has 0 unspecified atom stereocenters. The van der Waals surface area contributed by atoms with Crippen LogP contribution in [0.25, 0.3) is 0 Å². The lowest BCUT2D eigenvalue weighted by Crippen LogP contribution is -2.56. The van der Waals surface area contributed by atoms with E-state index < -0.39 is 11.6 Å². The number of esters is 1. The lowest BCUT2D eigenvalue weighted by molar-refractivity contribution is -0.146. The zero-order valence-electron chi connectivity index (χ0n) is 22.8. The number of carbonyl (C=O) groups excluding carboxylic acids is 2. The summed E-state index contributed by atoms with van der Waals surface area (Å²) in [4.78, 5) is 23.1. The monoisotopic (exact) mass is 506 g/mol. The first kappa shape index (κ1) is 26.4. The number of ketones is 1. The molecule has 0 saturated heterocycles. The van der Waals surface area contributed by atoms with Crippen molar-refractivity contribution < 1.29 is 24.2 Å². The summed E-state index contributed by atoms with van der Waals surface area (Å²) in [5.41, 5.74) is 0.917. The highest BCUT2D eigenvalue weighted by Gasteiger charge is 2.61. The maximum Gasteiger partial charge on any atom is 0.303 e. The minimum absolute atomic E-state index is 0.242. The Hall–Kier alpha value is -2.16. The maximum absolute atomic E-state index is 12.1. The van der Waals surface area contributed by atoms with Gasteiger partial charge in [0, 0.05) is 25.2 Å². The van der Waals surface area contributed by atoms with E-state index in [1.165, 1.54) is 45.4 Å². The van der Waals surface area contributed by atoms with Gasteiger partial charge in [-0.1, -0.05) is 37.8 Å². The van der Waals surface area contributed by atoms with Crippen molar-refractivity contribution in [2.24, 2.45) is 34.5 Å². The predicted octanol–water partition coefficient (Wildman–Crippen LogP) is 5.57. The van der Waals surface area contributed by atoms with Crippen molar-refractivity contribution in [2.75, 3.05) is 13.7 Å². The standard InChI is InChI=1S/C32H42O5/c1-21(33)37-20-28(34)23-7-5-22(6-8-23)13-16-32(35)18-17-30(2)24(19-32)9-10-25-26-11-12-29(36-4)31(26,3)15-14-27(25)30/h5-8,24-27,29,35H,9-12,14-15,17-20H2,1-4H3/t24-,25+,26+,27+,29+,30+,31+,32-/m1/s1. The largest absolute Gasteiger partial charge is 0.457 e. The SMILES string of the molecule is CO[C@H]1CC[C@H]2[C@@H]3CC[C@@H]4C[C@@](O)(C#Cc5ccc(C(=O)COC(C)=O)cc5)CC[C@]4(C)[C@H]3CC[C@]12C. The molecule has 1 aromatic carbocycles. The molecule has 4 fully saturated rings. The van der Waals surface area contributed by atoms with Gasteiger partial charge in [-0.2, -0.15) is 0 Å². The molecule has 8 atom stereocenters. The summed E-state index contributed by atoms with van der Waals surface area (Å²) in [6.45, 7) is 6.03. The van der Waals surface area contributed by atoms with E-state index in [0.29, 0.717) is 23.0 Å². The first-order valence-corrected chi connectivity index (χ1v) is 14.1. The number of benzene rings is 1. The minimum Gasteiger partial charge on any atom is -0.457 e. The second kappa shape index (κ2) is 9.86. The Balaban J connectivity index is 1.25. The van der Waals surface area contributed by atoms with E-state index in [1.807, 2.05) is 7.11 Å². The van der Waals surface area contributed by atoms with Crippen LogP contribution in [-0.2, 0) is 14.3 Å². The molecule has 0 radical (unpaired) electrons. The van der Waals surface area contributed by atoms with Crippen LogP contribution >= 0.6 is 0 Å². The Morgan fingerprint density at radius 3 is 2.41 bits per heavy atom. The zero-order chi connectivity index (χ0) is 26.4. The van der Waals surface area contributed by atoms with E-state index in [2.05, 4.69) is 25.7 Å². The summed E-state index contributed by atoms with van der Waals surface area (Å²) < 4.78 is 10.7. The summed E-state index contributed by atoms with van der Waals surface area (Å²) in [5, 5.41) is 11.5. The van der Waals surface area contributed by atoms with Gasteiger partial charge in [0.2, 0.25) is 0 Å². The lowest BCUT2D eigenvalue weighted by Gasteiger charge is -2.61. The van der Waals surface area contributed by atoms with Crippen molar-refractivity contribution in [3.8, 4) is 11.8 Å². The molecule has 37 heavy (non-hydrogen) atoms. The number of hydrogen-bond donors (Lipinski definition) is 1. The van der Waals surface area contributed by atoms with Crippen LogP contribution in [0.3, 0.4) is 0 Å². The van der Waals surface area contributed by atoms with Crippen molar-refractivity contribution >= 4 is 11.8 Å². The highest BCUT2D eigenvalue weighted by Crippen LogP contribution is 2.67. The number of hydrogen-bond acceptors (Lipinski definition) is 5. The summed E-state index contributed by atoms with van der Waals surface area (Å²) >= 11 is 0. The van der Waals surface area contributed by atoms with E-state index in [-0.39, 0.29) is 17.8 Å². The van der Waals surface area contributed by atoms with Crippen molar-refractivity contribution in [3.63, 3.8) is 0 Å². The van der Waals surface area contributed by atoms with E-state index in [0.717, 1.165) is 42.6 Å². The first-order valence-electron chi connectivity index (χ1n) is 14.1. The fourth-order valence-electron chi connectivity index (χ4n) is 8.88. The van der Waals surface area contributed by atoms with E-state index in [4.69, 9.17) is 9.47 Å². The fraction of sp³-hybridized carbons (Fsp3) is 0.688. The van der Waals surface area contributed by atoms with Gasteiger partial charge in [0.15, 0.2) is 12.4 Å². The lowest BCUT2D eigenvalue weighted by atomic mass is 9.44. The Kier molecular flexibility index (Phi) is 7.05. The molecule has 4 aliphatic carbocycles. The van der Waals surface area contributed by atoms with E-state index >= 15 is 0 Å². The van der Waals surface area contributed by atoms with Gasteiger partial charge in [-0.25, -0.2) is 0 Å². The number of aliphatic hydroxyl groups is 1. The highest BCUT2D eigenvalue weighted by atomic mass is 16.5. The van der Waals surface area contributed by atoms with Gasteiger partial charge < -0.3 is 14.6 Å². The first-order chi connectivity index (χ1) is 17.6. The molecular formula is C32H42O5. The minimum atomic E-state index is -0.960. The quantitative estimate of drug-likeness (QED) is 0.328. The topological polar surface area (TPSA) is 72.8 Å². The van der Waals surface area contributed by atoms with Gasteiger partial charge in [-0.05, 0) is 104 Å². The molecule has 0 aromatic heterocycles. The van der Waals surface area contributed by atoms with Crippen molar-refractivity contribution in [3.05, 3.63) is 35.4 Å². The summed E-state index contributed by atoms with van der Waals surface area (Å²) in [7, 11) is 1.89. The molecule has 5 nitrogen and oxygen atoms in total. The van der Waals surface area contributed by atoms with Crippen LogP contribution in [-0.4, -0.2) is 42.3 Å². The Morgan fingerprint density at radius 2 is 1.70 bits per heavy atom. The third-order valence-corrected chi connectivity index (χ3v) is 11.0. The molecule has 0 amide bonds. The number of rotatable bonds is 4. The summed E-state index contributed by atoms with van der Waals surface area (Å²) in [6.07, 6.45) is 10.4. The normalized spacial score (nSPS) is 40.4. The number of Topliss-reactive ketones (excluding diaryl/α,β-unsaturated/α-hetero) is 1. The molecule has 0 heterocycles. The molecular weight excluding hydrogens is 464 g/mol. The predicted molar refractivity (Wildman–Crippen MR) is 142 cm³/mol. The molecule has 4 aliphatic rings. The van der Waals surface area contributed by atoms with Gasteiger partial charge in [0.1, 0.15) is 5.60 Å². The molecule has 0 aliphatic heterocycles. The molecule has 1 N–H and O–H groups in total. The van der Waals surface area contributed by atoms with Crippen LogP contribution in [0, 0.1) is 46.3 Å². The zero-order valence-corrected chi connectivity index (χ0v) is 22.8. The molecule has 4 saturated carbocycles. The van der Waals surface area contributed by atoms with Gasteiger partial charge in [-0.3, -0.25) is 9.59 Å². The van der Waals surface area contributed by atoms with Crippen LogP contribution in [0.1, 0.15) is 94.5 Å². The fourth-order valence-corrected chi connectivity index (χ4v) is 8.88. The number of fused-ring (bicyclic) bond motifs is 5. The van der Waals surface area contributed by atoms with Crippen LogP contribution in [0.5, 0.6) is 0 Å². The Morgan fingerprint density at radius 1 is 0.973 bits per heavy atom. The van der Waals surface area contributed by atoms with E-state index in [9.17, 15) is 14.7 Å². The van der Waals surface area contributed by atoms with Gasteiger partial charge in [0.25, 0.3) is 0 Å². The molecule has 0 bridgehead atoms. The van der Waals surface area contributed by atoms with Gasteiger partial charge in [-0.15, -0.1) is 0 Å². The average Bonchev–Trinajstić information content (AvgIpc) is 3.23. The smallest absolute Gasteiger partial charge is 0.303 e. The number of carbonyl (C=O) groups is 2. The van der Waals surface area contributed by atoms with E-state index in [1.54, 1.807) is 24.3 Å². The second-order valence-corrected chi connectivity index (χ2v) is 12.8. The summed E-state index contributed by atoms with van der Waals surface area (Å²) in [6, 6.07) is 6.99. The Labute approximate surface area is 221 Å². The van der Waals surface area contributed by atoms with Crippen LogP contribution < -0.4 is 0 Å². The average molecular weight is 507 g/mol. The van der Waals surface area contributed by atoms with Gasteiger partial charge in [0.05, 0.1) is 6.10 Å². The number of methoxy groups -OCH3 is 1.